The van der Waals surface area contributed by atoms with E-state index >= 15 is 0 Å². The predicted molar refractivity (Wildman–Crippen MR) is 104 cm³/mol. The van der Waals surface area contributed by atoms with Crippen LogP contribution in [0.25, 0.3) is 0 Å². The van der Waals surface area contributed by atoms with Crippen LogP contribution in [0, 0.1) is 12.3 Å². The van der Waals surface area contributed by atoms with Gasteiger partial charge in [-0.3, -0.25) is 4.79 Å². The zero-order chi connectivity index (χ0) is 20.3. The lowest BCUT2D eigenvalue weighted by atomic mass is 9.92. The van der Waals surface area contributed by atoms with Crippen LogP contribution in [0.5, 0.6) is 0 Å². The van der Waals surface area contributed by atoms with Crippen LogP contribution in [0.3, 0.4) is 0 Å². The summed E-state index contributed by atoms with van der Waals surface area (Å²) < 4.78 is 4.99. The third-order valence-corrected chi connectivity index (χ3v) is 3.56. The summed E-state index contributed by atoms with van der Waals surface area (Å²) in [5.41, 5.74) is 8.02. The number of nitrogens with one attached hydrogen (secondary N) is 1. The second kappa shape index (κ2) is 11.9. The van der Waals surface area contributed by atoms with Crippen molar-refractivity contribution in [2.45, 2.75) is 52.5 Å². The number of rotatable bonds is 7. The lowest BCUT2D eigenvalue weighted by Gasteiger charge is -2.23. The molecule has 0 radical (unpaired) electrons. The van der Waals surface area contributed by atoms with Crippen molar-refractivity contribution in [3.63, 3.8) is 0 Å². The quantitative estimate of drug-likeness (QED) is 0.509. The largest absolute Gasteiger partial charge is 0.480 e. The normalized spacial score (nSPS) is 11.2. The molecular weight excluding hydrogens is 332 g/mol. The number of carboxylic acid groups (broad SMARTS) is 1. The number of nitrogens with two attached hydrogens (primary N) is 1. The van der Waals surface area contributed by atoms with Crippen molar-refractivity contribution in [2.75, 3.05) is 18.5 Å². The highest BCUT2D eigenvalue weighted by Gasteiger charge is 2.19. The molecule has 26 heavy (non-hydrogen) atoms. The molecule has 0 heterocycles. The summed E-state index contributed by atoms with van der Waals surface area (Å²) in [5.74, 6) is 1.76. The smallest absolute Gasteiger partial charge is 0.329 e. The van der Waals surface area contributed by atoms with Gasteiger partial charge in [0.05, 0.1) is 6.54 Å². The van der Waals surface area contributed by atoms with Gasteiger partial charge in [0.1, 0.15) is 6.04 Å². The van der Waals surface area contributed by atoms with Gasteiger partial charge in [0.15, 0.2) is 6.61 Å². The summed E-state index contributed by atoms with van der Waals surface area (Å²) in [4.78, 5) is 21.1. The second-order valence-corrected chi connectivity index (χ2v) is 6.40. The van der Waals surface area contributed by atoms with Crippen LogP contribution in [0.1, 0.15) is 57.6 Å². The highest BCUT2D eigenvalue weighted by molar-refractivity contribution is 5.80. The number of esters is 1. The number of carboxylic acids is 1. The van der Waals surface area contributed by atoms with Gasteiger partial charge in [-0.15, -0.1) is 6.42 Å². The summed E-state index contributed by atoms with van der Waals surface area (Å²) in [6, 6.07) is 5.82. The van der Waals surface area contributed by atoms with Crippen molar-refractivity contribution < 1.29 is 19.4 Å². The van der Waals surface area contributed by atoms with E-state index in [1.807, 2.05) is 0 Å². The third-order valence-electron chi connectivity index (χ3n) is 3.56. The Hall–Kier alpha value is -2.52. The lowest BCUT2D eigenvalue weighted by molar-refractivity contribution is -0.142. The molecule has 0 unspecified atom stereocenters. The number of carbonyl (C=O) groups is 2. The van der Waals surface area contributed by atoms with E-state index in [1.54, 1.807) is 6.92 Å². The first-order valence-corrected chi connectivity index (χ1v) is 8.56. The van der Waals surface area contributed by atoms with Crippen molar-refractivity contribution in [1.29, 1.82) is 0 Å². The number of benzene rings is 1. The molecule has 0 aliphatic rings. The van der Waals surface area contributed by atoms with Gasteiger partial charge in [-0.05, 0) is 29.9 Å². The molecule has 6 heteroatoms. The monoisotopic (exact) mass is 362 g/mol. The van der Waals surface area contributed by atoms with E-state index in [0.717, 1.165) is 5.69 Å². The molecule has 0 amide bonds. The van der Waals surface area contributed by atoms with Gasteiger partial charge < -0.3 is 20.9 Å². The van der Waals surface area contributed by atoms with Gasteiger partial charge in [0.25, 0.3) is 0 Å². The van der Waals surface area contributed by atoms with Crippen LogP contribution in [0.4, 0.5) is 5.69 Å². The van der Waals surface area contributed by atoms with Gasteiger partial charge in [0, 0.05) is 5.69 Å². The Labute approximate surface area is 156 Å². The van der Waals surface area contributed by atoms with Crippen LogP contribution >= 0.6 is 0 Å². The fourth-order valence-corrected chi connectivity index (χ4v) is 2.23. The van der Waals surface area contributed by atoms with Crippen LogP contribution in [0.2, 0.25) is 0 Å². The summed E-state index contributed by atoms with van der Waals surface area (Å²) in [6.07, 6.45) is 5.11. The molecule has 4 N–H and O–H groups in total. The van der Waals surface area contributed by atoms with Gasteiger partial charge in [-0.1, -0.05) is 51.8 Å². The zero-order valence-electron chi connectivity index (χ0n) is 16.2. The number of hydrogen-bond donors (Lipinski definition) is 3. The molecule has 0 aromatic heterocycles. The van der Waals surface area contributed by atoms with Crippen LogP contribution < -0.4 is 11.1 Å². The van der Waals surface area contributed by atoms with E-state index in [4.69, 9.17) is 16.3 Å². The minimum atomic E-state index is -0.968. The maximum absolute atomic E-state index is 11.9. The SMILES string of the molecule is C#CCOC(=O)[C@H](C)Nc1c(C(C)C)cccc1C(C)C.NCC(=O)O. The van der Waals surface area contributed by atoms with Gasteiger partial charge >= 0.3 is 11.9 Å². The number of hydrogen-bond acceptors (Lipinski definition) is 5. The summed E-state index contributed by atoms with van der Waals surface area (Å²) in [5, 5.41) is 10.9. The second-order valence-electron chi connectivity index (χ2n) is 6.40. The summed E-state index contributed by atoms with van der Waals surface area (Å²) in [7, 11) is 0. The van der Waals surface area contributed by atoms with Crippen molar-refractivity contribution >= 4 is 17.6 Å². The van der Waals surface area contributed by atoms with E-state index in [2.05, 4.69) is 62.9 Å². The maximum atomic E-state index is 11.9. The minimum Gasteiger partial charge on any atom is -0.480 e. The minimum absolute atomic E-state index is 0.00766. The molecule has 1 aromatic rings. The molecule has 6 nitrogen and oxygen atoms in total. The number of aliphatic carboxylic acids is 1. The number of ether oxygens (including phenoxy) is 1. The Bertz CT molecular complexity index is 607. The molecule has 0 aliphatic heterocycles. The first-order chi connectivity index (χ1) is 12.1. The Balaban J connectivity index is 0.00000110. The van der Waals surface area contributed by atoms with E-state index in [1.165, 1.54) is 11.1 Å². The van der Waals surface area contributed by atoms with E-state index < -0.39 is 12.0 Å². The molecule has 144 valence electrons. The van der Waals surface area contributed by atoms with Crippen LogP contribution in [-0.4, -0.2) is 36.2 Å². The Morgan fingerprint density at radius 1 is 1.19 bits per heavy atom. The third kappa shape index (κ3) is 8.04. The van der Waals surface area contributed by atoms with Crippen molar-refractivity contribution in [3.05, 3.63) is 29.3 Å². The van der Waals surface area contributed by atoms with Crippen LogP contribution in [0.15, 0.2) is 18.2 Å². The predicted octanol–water partition coefficient (Wildman–Crippen LogP) is 2.94. The number of anilines is 1. The van der Waals surface area contributed by atoms with Gasteiger partial charge in [-0.25, -0.2) is 4.79 Å². The molecule has 0 fully saturated rings. The van der Waals surface area contributed by atoms with E-state index in [9.17, 15) is 9.59 Å². The Morgan fingerprint density at radius 2 is 1.65 bits per heavy atom. The summed E-state index contributed by atoms with van der Waals surface area (Å²) in [6.45, 7) is 10.1. The molecule has 0 spiro atoms. The summed E-state index contributed by atoms with van der Waals surface area (Å²) >= 11 is 0. The zero-order valence-corrected chi connectivity index (χ0v) is 16.2. The molecule has 1 aromatic carbocycles. The molecule has 0 saturated heterocycles. The van der Waals surface area contributed by atoms with Gasteiger partial charge in [0.2, 0.25) is 0 Å². The standard InChI is InChI=1S/C18H25NO2.C2H5NO2/c1-7-11-21-18(20)14(6)19-17-15(12(2)3)9-8-10-16(17)13(4)5;3-1-2(4)5/h1,8-10,12-14,19H,11H2,2-6H3;1,3H2,(H,4,5)/t14-;/m0./s1. The van der Waals surface area contributed by atoms with Crippen molar-refractivity contribution in [1.82, 2.24) is 0 Å². The molecule has 1 rings (SSSR count). The van der Waals surface area contributed by atoms with E-state index in [-0.39, 0.29) is 19.1 Å². The number of para-hydroxylation sites is 1. The number of carbonyl (C=O) groups excluding carboxylic acids is 1. The first-order valence-electron chi connectivity index (χ1n) is 8.56. The fraction of sp³-hybridized carbons (Fsp3) is 0.500. The van der Waals surface area contributed by atoms with Crippen molar-refractivity contribution in [2.24, 2.45) is 5.73 Å². The highest BCUT2D eigenvalue weighted by Crippen LogP contribution is 2.32. The fourth-order valence-electron chi connectivity index (χ4n) is 2.23. The van der Waals surface area contributed by atoms with Crippen molar-refractivity contribution in [3.8, 4) is 12.3 Å². The lowest BCUT2D eigenvalue weighted by Crippen LogP contribution is -2.29. The highest BCUT2D eigenvalue weighted by atomic mass is 16.5. The Kier molecular flexibility index (Phi) is 10.8. The number of terminal acetylenes is 1. The van der Waals surface area contributed by atoms with Crippen LogP contribution in [-0.2, 0) is 14.3 Å². The average molecular weight is 362 g/mol. The molecular formula is C20H30N2O4. The Morgan fingerprint density at radius 3 is 2.00 bits per heavy atom. The molecule has 0 bridgehead atoms. The molecule has 1 atom stereocenters. The molecule has 0 saturated carbocycles. The maximum Gasteiger partial charge on any atom is 0.329 e. The average Bonchev–Trinajstić information content (AvgIpc) is 2.59. The van der Waals surface area contributed by atoms with E-state index in [0.29, 0.717) is 11.8 Å². The van der Waals surface area contributed by atoms with Gasteiger partial charge in [-0.2, -0.15) is 0 Å². The first kappa shape index (κ1) is 23.5. The topological polar surface area (TPSA) is 102 Å². The molecule has 0 aliphatic carbocycles.